The van der Waals surface area contributed by atoms with Crippen LogP contribution in [0.5, 0.6) is 0 Å². The van der Waals surface area contributed by atoms with Crippen LogP contribution in [0.4, 0.5) is 8.78 Å². The van der Waals surface area contributed by atoms with Gasteiger partial charge in [-0.2, -0.15) is 0 Å². The van der Waals surface area contributed by atoms with Gasteiger partial charge in [0.1, 0.15) is 11.6 Å². The number of rotatable bonds is 7. The number of aliphatic hydroxyl groups excluding tert-OH is 1. The number of hydrogen-bond donors (Lipinski definition) is 2. The molecule has 1 atom stereocenters. The summed E-state index contributed by atoms with van der Waals surface area (Å²) in [5.41, 5.74) is 0.117. The van der Waals surface area contributed by atoms with Crippen molar-refractivity contribution < 1.29 is 13.9 Å². The van der Waals surface area contributed by atoms with Crippen LogP contribution in [0.1, 0.15) is 25.5 Å². The van der Waals surface area contributed by atoms with Gasteiger partial charge in [-0.15, -0.1) is 0 Å². The van der Waals surface area contributed by atoms with Crippen molar-refractivity contribution in [3.63, 3.8) is 0 Å². The number of aliphatic hydroxyl groups is 1. The van der Waals surface area contributed by atoms with Gasteiger partial charge in [-0.1, -0.05) is 6.07 Å². The Kier molecular flexibility index (Phi) is 6.34. The van der Waals surface area contributed by atoms with Crippen molar-refractivity contribution in [2.24, 2.45) is 0 Å². The summed E-state index contributed by atoms with van der Waals surface area (Å²) < 4.78 is 26.1. The minimum atomic E-state index is -0.968. The minimum Gasteiger partial charge on any atom is -0.387 e. The standard InChI is InChI=1S/C14H22F2N2O/c1-10(2)18(3)7-6-17-9-14(19)12-5-4-11(15)8-13(12)16/h4-5,8,10,14,17,19H,6-7,9H2,1-3H3. The summed E-state index contributed by atoms with van der Waals surface area (Å²) in [5.74, 6) is -1.35. The van der Waals surface area contributed by atoms with E-state index in [0.717, 1.165) is 18.7 Å². The second kappa shape index (κ2) is 7.53. The second-order valence-corrected chi connectivity index (χ2v) is 4.96. The number of likely N-dealkylation sites (N-methyl/N-ethyl adjacent to an activating group) is 1. The Hall–Kier alpha value is -1.04. The van der Waals surface area contributed by atoms with Crippen molar-refractivity contribution in [1.82, 2.24) is 10.2 Å². The van der Waals surface area contributed by atoms with Crippen LogP contribution in [0.3, 0.4) is 0 Å². The summed E-state index contributed by atoms with van der Waals surface area (Å²) in [6.45, 7) is 5.99. The van der Waals surface area contributed by atoms with Crippen LogP contribution >= 0.6 is 0 Å². The zero-order chi connectivity index (χ0) is 14.4. The highest BCUT2D eigenvalue weighted by molar-refractivity contribution is 5.21. The largest absolute Gasteiger partial charge is 0.387 e. The van der Waals surface area contributed by atoms with Gasteiger partial charge in [0.2, 0.25) is 0 Å². The Morgan fingerprint density at radius 3 is 2.58 bits per heavy atom. The molecule has 0 heterocycles. The van der Waals surface area contributed by atoms with E-state index >= 15 is 0 Å². The molecule has 0 aliphatic heterocycles. The summed E-state index contributed by atoms with van der Waals surface area (Å²) in [5, 5.41) is 12.9. The van der Waals surface area contributed by atoms with Crippen LogP contribution in [0.2, 0.25) is 0 Å². The molecular weight excluding hydrogens is 250 g/mol. The summed E-state index contributed by atoms with van der Waals surface area (Å²) in [6, 6.07) is 3.66. The molecule has 0 bridgehead atoms. The maximum absolute atomic E-state index is 13.4. The molecule has 1 rings (SSSR count). The van der Waals surface area contributed by atoms with Gasteiger partial charge in [0.15, 0.2) is 0 Å². The van der Waals surface area contributed by atoms with E-state index < -0.39 is 17.7 Å². The van der Waals surface area contributed by atoms with E-state index in [0.29, 0.717) is 12.6 Å². The third-order valence-corrected chi connectivity index (χ3v) is 3.18. The molecule has 0 aliphatic rings. The molecule has 108 valence electrons. The normalized spacial score (nSPS) is 13.3. The van der Waals surface area contributed by atoms with Crippen LogP contribution < -0.4 is 5.32 Å². The SMILES string of the molecule is CC(C)N(C)CCNCC(O)c1ccc(F)cc1F. The van der Waals surface area contributed by atoms with Crippen molar-refractivity contribution in [1.29, 1.82) is 0 Å². The molecule has 1 unspecified atom stereocenters. The molecule has 2 N–H and O–H groups in total. The van der Waals surface area contributed by atoms with E-state index in [-0.39, 0.29) is 12.1 Å². The van der Waals surface area contributed by atoms with Gasteiger partial charge in [-0.05, 0) is 27.0 Å². The molecule has 0 amide bonds. The lowest BCUT2D eigenvalue weighted by molar-refractivity contribution is 0.167. The average molecular weight is 272 g/mol. The Balaban J connectivity index is 2.37. The average Bonchev–Trinajstić information content (AvgIpc) is 2.33. The van der Waals surface area contributed by atoms with E-state index in [9.17, 15) is 13.9 Å². The summed E-state index contributed by atoms with van der Waals surface area (Å²) in [4.78, 5) is 2.16. The van der Waals surface area contributed by atoms with Crippen molar-refractivity contribution in [2.45, 2.75) is 26.0 Å². The predicted molar refractivity (Wildman–Crippen MR) is 72.0 cm³/mol. The topological polar surface area (TPSA) is 35.5 Å². The first kappa shape index (κ1) is 16.0. The van der Waals surface area contributed by atoms with E-state index in [1.807, 2.05) is 7.05 Å². The fourth-order valence-electron chi connectivity index (χ4n) is 1.63. The third kappa shape index (κ3) is 5.22. The predicted octanol–water partition coefficient (Wildman–Crippen LogP) is 1.93. The molecule has 0 aliphatic carbocycles. The smallest absolute Gasteiger partial charge is 0.131 e. The summed E-state index contributed by atoms with van der Waals surface area (Å²) >= 11 is 0. The van der Waals surface area contributed by atoms with Gasteiger partial charge in [0.25, 0.3) is 0 Å². The van der Waals surface area contributed by atoms with Gasteiger partial charge < -0.3 is 15.3 Å². The molecule has 19 heavy (non-hydrogen) atoms. The van der Waals surface area contributed by atoms with Gasteiger partial charge in [-0.3, -0.25) is 0 Å². The quantitative estimate of drug-likeness (QED) is 0.745. The Morgan fingerprint density at radius 1 is 1.32 bits per heavy atom. The molecule has 1 aromatic rings. The highest BCUT2D eigenvalue weighted by Gasteiger charge is 2.13. The van der Waals surface area contributed by atoms with E-state index in [1.54, 1.807) is 0 Å². The molecule has 0 fully saturated rings. The zero-order valence-corrected chi connectivity index (χ0v) is 11.7. The Labute approximate surface area is 113 Å². The van der Waals surface area contributed by atoms with E-state index in [1.165, 1.54) is 6.07 Å². The molecule has 0 aromatic heterocycles. The first-order valence-electron chi connectivity index (χ1n) is 6.45. The van der Waals surface area contributed by atoms with E-state index in [4.69, 9.17) is 0 Å². The van der Waals surface area contributed by atoms with E-state index in [2.05, 4.69) is 24.1 Å². The van der Waals surface area contributed by atoms with Crippen LogP contribution in [0.25, 0.3) is 0 Å². The number of hydrogen-bond acceptors (Lipinski definition) is 3. The van der Waals surface area contributed by atoms with Crippen LogP contribution in [-0.2, 0) is 0 Å². The molecule has 0 saturated heterocycles. The molecule has 0 spiro atoms. The van der Waals surface area contributed by atoms with Crippen LogP contribution in [0, 0.1) is 11.6 Å². The van der Waals surface area contributed by atoms with Gasteiger partial charge in [-0.25, -0.2) is 8.78 Å². The zero-order valence-electron chi connectivity index (χ0n) is 11.7. The van der Waals surface area contributed by atoms with Crippen LogP contribution in [-0.4, -0.2) is 42.7 Å². The van der Waals surface area contributed by atoms with Crippen molar-refractivity contribution in [3.05, 3.63) is 35.4 Å². The first-order valence-corrected chi connectivity index (χ1v) is 6.45. The lowest BCUT2D eigenvalue weighted by atomic mass is 10.1. The van der Waals surface area contributed by atoms with Gasteiger partial charge in [0, 0.05) is 37.3 Å². The minimum absolute atomic E-state index is 0.117. The monoisotopic (exact) mass is 272 g/mol. The van der Waals surface area contributed by atoms with Gasteiger partial charge >= 0.3 is 0 Å². The Bertz CT molecular complexity index is 399. The maximum Gasteiger partial charge on any atom is 0.131 e. The van der Waals surface area contributed by atoms with Gasteiger partial charge in [0.05, 0.1) is 6.10 Å². The number of halogens is 2. The maximum atomic E-state index is 13.4. The summed E-state index contributed by atoms with van der Waals surface area (Å²) in [7, 11) is 2.02. The fourth-order valence-corrected chi connectivity index (χ4v) is 1.63. The van der Waals surface area contributed by atoms with Crippen molar-refractivity contribution >= 4 is 0 Å². The highest BCUT2D eigenvalue weighted by atomic mass is 19.1. The molecule has 0 radical (unpaired) electrons. The second-order valence-electron chi connectivity index (χ2n) is 4.96. The molecule has 3 nitrogen and oxygen atoms in total. The lowest BCUT2D eigenvalue weighted by Gasteiger charge is -2.21. The lowest BCUT2D eigenvalue weighted by Crippen LogP contribution is -2.35. The van der Waals surface area contributed by atoms with Crippen LogP contribution in [0.15, 0.2) is 18.2 Å². The third-order valence-electron chi connectivity index (χ3n) is 3.18. The highest BCUT2D eigenvalue weighted by Crippen LogP contribution is 2.17. The van der Waals surface area contributed by atoms with Crippen molar-refractivity contribution in [3.8, 4) is 0 Å². The molecule has 0 saturated carbocycles. The fraction of sp³-hybridized carbons (Fsp3) is 0.571. The molecule has 5 heteroatoms. The number of benzene rings is 1. The number of nitrogens with one attached hydrogen (secondary N) is 1. The number of nitrogens with zero attached hydrogens (tertiary/aromatic N) is 1. The summed E-state index contributed by atoms with van der Waals surface area (Å²) in [6.07, 6.45) is -0.968. The molecular formula is C14H22F2N2O. The Morgan fingerprint density at radius 2 is 2.00 bits per heavy atom. The molecule has 1 aromatic carbocycles. The first-order chi connectivity index (χ1) is 8.91. The van der Waals surface area contributed by atoms with Crippen molar-refractivity contribution in [2.75, 3.05) is 26.7 Å².